The lowest BCUT2D eigenvalue weighted by molar-refractivity contribution is -0.153. The molecule has 1 N–H and O–H groups in total. The van der Waals surface area contributed by atoms with Gasteiger partial charge in [-0.15, -0.1) is 11.3 Å². The average Bonchev–Trinajstić information content (AvgIpc) is 3.02. The van der Waals surface area contributed by atoms with Crippen LogP contribution in [-0.2, 0) is 14.8 Å². The first-order valence-corrected chi connectivity index (χ1v) is 9.45. The first-order chi connectivity index (χ1) is 12.0. The molecule has 2 rings (SSSR count). The number of sulfonamides is 1. The van der Waals surface area contributed by atoms with E-state index in [0.717, 1.165) is 30.6 Å². The maximum absolute atomic E-state index is 12.5. The van der Waals surface area contributed by atoms with Gasteiger partial charge in [-0.3, -0.25) is 4.72 Å². The minimum Gasteiger partial charge on any atom is -0.482 e. The van der Waals surface area contributed by atoms with Crippen molar-refractivity contribution < 1.29 is 35.9 Å². The molecule has 0 fully saturated rings. The number of carbonyl (C=O) groups excluding carboxylic acids is 1. The third kappa shape index (κ3) is 5.02. The van der Waals surface area contributed by atoms with E-state index in [4.69, 9.17) is 11.6 Å². The van der Waals surface area contributed by atoms with E-state index in [1.807, 2.05) is 0 Å². The number of anilines is 1. The van der Waals surface area contributed by atoms with E-state index in [1.165, 1.54) is 17.5 Å². The Morgan fingerprint density at radius 3 is 2.62 bits per heavy atom. The number of alkyl halides is 3. The zero-order valence-electron chi connectivity index (χ0n) is 13.0. The Balaban J connectivity index is 2.36. The van der Waals surface area contributed by atoms with E-state index in [9.17, 15) is 26.4 Å². The molecule has 0 radical (unpaired) electrons. The van der Waals surface area contributed by atoms with Crippen LogP contribution in [0.1, 0.15) is 9.67 Å². The molecule has 6 nitrogen and oxygen atoms in total. The second-order valence-electron chi connectivity index (χ2n) is 4.76. The predicted molar refractivity (Wildman–Crippen MR) is 89.5 cm³/mol. The van der Waals surface area contributed by atoms with Crippen LogP contribution in [0.5, 0.6) is 5.75 Å². The summed E-state index contributed by atoms with van der Waals surface area (Å²) in [6.07, 6.45) is -4.61. The lowest BCUT2D eigenvalue weighted by Crippen LogP contribution is -2.21. The van der Waals surface area contributed by atoms with Gasteiger partial charge in [0, 0.05) is 5.02 Å². The van der Waals surface area contributed by atoms with E-state index >= 15 is 0 Å². The molecule has 0 aliphatic carbocycles. The largest absolute Gasteiger partial charge is 0.482 e. The molecule has 1 aromatic carbocycles. The number of thiophene rings is 1. The van der Waals surface area contributed by atoms with Gasteiger partial charge in [0.1, 0.15) is 15.5 Å². The van der Waals surface area contributed by atoms with Gasteiger partial charge in [0.05, 0.1) is 12.8 Å². The Bertz CT molecular complexity index is 912. The van der Waals surface area contributed by atoms with Gasteiger partial charge >= 0.3 is 12.1 Å². The van der Waals surface area contributed by atoms with Crippen LogP contribution in [0, 0.1) is 0 Å². The van der Waals surface area contributed by atoms with Crippen LogP contribution in [0.4, 0.5) is 18.9 Å². The van der Waals surface area contributed by atoms with Gasteiger partial charge in [-0.1, -0.05) is 11.6 Å². The molecule has 0 saturated heterocycles. The van der Waals surface area contributed by atoms with Crippen LogP contribution >= 0.6 is 22.9 Å². The number of ether oxygens (including phenoxy) is 2. The summed E-state index contributed by atoms with van der Waals surface area (Å²) in [6.45, 7) is -1.62. The first kappa shape index (κ1) is 20.3. The average molecular weight is 430 g/mol. The molecule has 0 saturated carbocycles. The summed E-state index contributed by atoms with van der Waals surface area (Å²) in [7, 11) is -3.22. The molecule has 12 heteroatoms. The summed E-state index contributed by atoms with van der Waals surface area (Å²) in [4.78, 5) is 11.1. The van der Waals surface area contributed by atoms with Crippen LogP contribution in [0.15, 0.2) is 34.5 Å². The molecule has 1 heterocycles. The molecular formula is C14H11ClF3NO5S2. The van der Waals surface area contributed by atoms with Crippen molar-refractivity contribution in [2.24, 2.45) is 0 Å². The highest BCUT2D eigenvalue weighted by Gasteiger charge is 2.30. The Hall–Kier alpha value is -1.98. The lowest BCUT2D eigenvalue weighted by Gasteiger charge is -2.15. The van der Waals surface area contributed by atoms with Crippen molar-refractivity contribution in [2.75, 3.05) is 18.4 Å². The normalized spacial score (nSPS) is 11.9. The van der Waals surface area contributed by atoms with Crippen molar-refractivity contribution >= 4 is 44.6 Å². The smallest absolute Gasteiger partial charge is 0.422 e. The predicted octanol–water partition coefficient (Wildman–Crippen LogP) is 3.93. The van der Waals surface area contributed by atoms with Gasteiger partial charge in [-0.2, -0.15) is 13.2 Å². The zero-order valence-corrected chi connectivity index (χ0v) is 15.4. The molecule has 26 heavy (non-hydrogen) atoms. The fraction of sp³-hybridized carbons (Fsp3) is 0.214. The number of nitrogens with one attached hydrogen (secondary N) is 1. The summed E-state index contributed by atoms with van der Waals surface area (Å²) >= 11 is 6.62. The molecule has 0 spiro atoms. The van der Waals surface area contributed by atoms with Gasteiger partial charge in [-0.05, 0) is 29.6 Å². The zero-order chi connectivity index (χ0) is 19.5. The summed E-state index contributed by atoms with van der Waals surface area (Å²) in [5, 5.41) is 1.43. The monoisotopic (exact) mass is 429 g/mol. The molecular weight excluding hydrogens is 419 g/mol. The lowest BCUT2D eigenvalue weighted by atomic mass is 10.3. The summed E-state index contributed by atoms with van der Waals surface area (Å²) in [5.41, 5.74) is -0.302. The highest BCUT2D eigenvalue weighted by molar-refractivity contribution is 7.93. The van der Waals surface area contributed by atoms with E-state index in [0.29, 0.717) is 0 Å². The van der Waals surface area contributed by atoms with Gasteiger partial charge in [0.15, 0.2) is 6.61 Å². The molecule has 142 valence electrons. The SMILES string of the molecule is COC(=O)c1sccc1S(=O)(=O)Nc1cc(Cl)ccc1OCC(F)(F)F. The molecule has 0 aliphatic rings. The van der Waals surface area contributed by atoms with Crippen molar-refractivity contribution in [1.29, 1.82) is 0 Å². The van der Waals surface area contributed by atoms with Crippen LogP contribution in [0.25, 0.3) is 0 Å². The van der Waals surface area contributed by atoms with Gasteiger partial charge < -0.3 is 9.47 Å². The highest BCUT2D eigenvalue weighted by Crippen LogP contribution is 2.33. The molecule has 0 unspecified atom stereocenters. The van der Waals surface area contributed by atoms with E-state index in [-0.39, 0.29) is 26.2 Å². The van der Waals surface area contributed by atoms with E-state index < -0.39 is 28.8 Å². The fourth-order valence-electron chi connectivity index (χ4n) is 1.82. The molecule has 2 aromatic rings. The van der Waals surface area contributed by atoms with Crippen molar-refractivity contribution in [2.45, 2.75) is 11.1 Å². The quantitative estimate of drug-likeness (QED) is 0.703. The van der Waals surface area contributed by atoms with Gasteiger partial charge in [0.2, 0.25) is 0 Å². The molecule has 0 bridgehead atoms. The Kier molecular flexibility index (Phi) is 6.04. The third-order valence-electron chi connectivity index (χ3n) is 2.87. The Labute approximate surface area is 155 Å². The summed E-state index contributed by atoms with van der Waals surface area (Å²) < 4.78 is 73.3. The second kappa shape index (κ2) is 7.72. The maximum Gasteiger partial charge on any atom is 0.422 e. The first-order valence-electron chi connectivity index (χ1n) is 6.71. The van der Waals surface area contributed by atoms with Crippen molar-refractivity contribution in [3.63, 3.8) is 0 Å². The van der Waals surface area contributed by atoms with Crippen LogP contribution < -0.4 is 9.46 Å². The number of benzene rings is 1. The van der Waals surface area contributed by atoms with Crippen molar-refractivity contribution in [3.05, 3.63) is 39.5 Å². The summed E-state index contributed by atoms with van der Waals surface area (Å²) in [5.74, 6) is -1.23. The minimum atomic E-state index is -4.61. The Morgan fingerprint density at radius 2 is 2.00 bits per heavy atom. The number of esters is 1. The maximum atomic E-state index is 12.5. The Morgan fingerprint density at radius 1 is 1.31 bits per heavy atom. The van der Waals surface area contributed by atoms with E-state index in [2.05, 4.69) is 14.2 Å². The molecule has 0 amide bonds. The number of hydrogen-bond donors (Lipinski definition) is 1. The van der Waals surface area contributed by atoms with Crippen molar-refractivity contribution in [3.8, 4) is 5.75 Å². The fourth-order valence-corrected chi connectivity index (χ4v) is 4.39. The number of methoxy groups -OCH3 is 1. The number of halogens is 4. The minimum absolute atomic E-state index is 0.0700. The van der Waals surface area contributed by atoms with Gasteiger partial charge in [-0.25, -0.2) is 13.2 Å². The van der Waals surface area contributed by atoms with Crippen LogP contribution in [-0.4, -0.2) is 34.3 Å². The highest BCUT2D eigenvalue weighted by atomic mass is 35.5. The number of carbonyl (C=O) groups is 1. The number of rotatable bonds is 6. The summed E-state index contributed by atoms with van der Waals surface area (Å²) in [6, 6.07) is 4.60. The van der Waals surface area contributed by atoms with Crippen LogP contribution in [0.2, 0.25) is 5.02 Å². The molecule has 1 aromatic heterocycles. The third-order valence-corrected chi connectivity index (χ3v) is 5.53. The second-order valence-corrected chi connectivity index (χ2v) is 7.76. The molecule has 0 aliphatic heterocycles. The van der Waals surface area contributed by atoms with Crippen LogP contribution in [0.3, 0.4) is 0 Å². The number of hydrogen-bond acceptors (Lipinski definition) is 6. The van der Waals surface area contributed by atoms with E-state index in [1.54, 1.807) is 0 Å². The van der Waals surface area contributed by atoms with Gasteiger partial charge in [0.25, 0.3) is 10.0 Å². The van der Waals surface area contributed by atoms with Crippen molar-refractivity contribution in [1.82, 2.24) is 0 Å². The standard InChI is InChI=1S/C14H11ClF3NO5S2/c1-23-13(20)12-11(4-5-25-12)26(21,22)19-9-6-8(15)2-3-10(9)24-7-14(16,17)18/h2-6,19H,7H2,1H3. The molecule has 0 atom stereocenters. The topological polar surface area (TPSA) is 81.7 Å².